The third kappa shape index (κ3) is 3.70. The number of rotatable bonds is 4. The smallest absolute Gasteiger partial charge is 0.337 e. The van der Waals surface area contributed by atoms with E-state index in [0.717, 1.165) is 6.07 Å². The first-order valence-electron chi connectivity index (χ1n) is 5.95. The number of benzene rings is 2. The average Bonchev–Trinajstić information content (AvgIpc) is 2.48. The number of carbonyl (C=O) groups is 1. The van der Waals surface area contributed by atoms with Crippen molar-refractivity contribution >= 4 is 17.6 Å². The van der Waals surface area contributed by atoms with Crippen molar-refractivity contribution in [3.8, 4) is 11.5 Å². The summed E-state index contributed by atoms with van der Waals surface area (Å²) in [7, 11) is 1.27. The molecule has 0 bridgehead atoms. The summed E-state index contributed by atoms with van der Waals surface area (Å²) < 4.78 is 35.2. The number of ether oxygens (including phenoxy) is 2. The Balaban J connectivity index is 2.24. The molecule has 0 aliphatic rings. The van der Waals surface area contributed by atoms with Crippen molar-refractivity contribution in [3.63, 3.8) is 0 Å². The van der Waals surface area contributed by atoms with Crippen molar-refractivity contribution in [2.45, 2.75) is 6.43 Å². The minimum absolute atomic E-state index is 0.0660. The lowest BCUT2D eigenvalue weighted by Crippen LogP contribution is -2.00. The molecule has 0 radical (unpaired) electrons. The van der Waals surface area contributed by atoms with Crippen molar-refractivity contribution in [1.82, 2.24) is 0 Å². The Morgan fingerprint density at radius 2 is 1.95 bits per heavy atom. The van der Waals surface area contributed by atoms with Crippen LogP contribution in [0.4, 0.5) is 8.78 Å². The van der Waals surface area contributed by atoms with Crippen LogP contribution in [0, 0.1) is 0 Å². The number of hydrogen-bond acceptors (Lipinski definition) is 3. The lowest BCUT2D eigenvalue weighted by molar-refractivity contribution is 0.0600. The van der Waals surface area contributed by atoms with Crippen molar-refractivity contribution in [2.75, 3.05) is 7.11 Å². The van der Waals surface area contributed by atoms with Gasteiger partial charge in [0.25, 0.3) is 6.43 Å². The first-order chi connectivity index (χ1) is 10.0. The highest BCUT2D eigenvalue weighted by molar-refractivity contribution is 6.32. The third-order valence-corrected chi connectivity index (χ3v) is 2.99. The van der Waals surface area contributed by atoms with Gasteiger partial charge in [-0.3, -0.25) is 0 Å². The molecule has 6 heteroatoms. The van der Waals surface area contributed by atoms with Gasteiger partial charge < -0.3 is 9.47 Å². The number of hydrogen-bond donors (Lipinski definition) is 0. The highest BCUT2D eigenvalue weighted by atomic mass is 35.5. The van der Waals surface area contributed by atoms with Crippen LogP contribution in [0.3, 0.4) is 0 Å². The van der Waals surface area contributed by atoms with Gasteiger partial charge in [-0.05, 0) is 36.4 Å². The molecule has 0 aromatic heterocycles. The molecule has 0 spiro atoms. The van der Waals surface area contributed by atoms with E-state index < -0.39 is 12.4 Å². The average molecular weight is 313 g/mol. The molecule has 2 aromatic rings. The van der Waals surface area contributed by atoms with Crippen LogP contribution in [0.15, 0.2) is 42.5 Å². The molecular weight excluding hydrogens is 302 g/mol. The maximum absolute atomic E-state index is 12.5. The normalized spacial score (nSPS) is 10.5. The lowest BCUT2D eigenvalue weighted by Gasteiger charge is -2.10. The molecule has 21 heavy (non-hydrogen) atoms. The second-order valence-electron chi connectivity index (χ2n) is 4.11. The molecule has 0 saturated carbocycles. The van der Waals surface area contributed by atoms with E-state index >= 15 is 0 Å². The predicted molar refractivity (Wildman–Crippen MR) is 74.3 cm³/mol. The Hall–Kier alpha value is -2.14. The first kappa shape index (κ1) is 15.3. The number of halogens is 3. The van der Waals surface area contributed by atoms with Gasteiger partial charge in [0.15, 0.2) is 0 Å². The standard InChI is InChI=1S/C15H11ClF2O3/c1-20-15(19)10-3-2-4-11(7-10)21-13-6-5-9(14(17)18)8-12(13)16/h2-8,14H,1H3. The van der Waals surface area contributed by atoms with Crippen LogP contribution in [0.5, 0.6) is 11.5 Å². The zero-order valence-corrected chi connectivity index (χ0v) is 11.7. The first-order valence-corrected chi connectivity index (χ1v) is 6.33. The van der Waals surface area contributed by atoms with Crippen LogP contribution in [0.2, 0.25) is 5.02 Å². The van der Waals surface area contributed by atoms with Crippen molar-refractivity contribution in [1.29, 1.82) is 0 Å². The maximum Gasteiger partial charge on any atom is 0.337 e. The minimum Gasteiger partial charge on any atom is -0.465 e. The fraction of sp³-hybridized carbons (Fsp3) is 0.133. The molecule has 2 aromatic carbocycles. The van der Waals surface area contributed by atoms with Crippen molar-refractivity contribution < 1.29 is 23.0 Å². The number of alkyl halides is 2. The number of methoxy groups -OCH3 is 1. The molecule has 0 aliphatic carbocycles. The van der Waals surface area contributed by atoms with E-state index in [4.69, 9.17) is 16.3 Å². The van der Waals surface area contributed by atoms with E-state index in [1.807, 2.05) is 0 Å². The van der Waals surface area contributed by atoms with Crippen LogP contribution < -0.4 is 4.74 Å². The van der Waals surface area contributed by atoms with Gasteiger partial charge in [-0.2, -0.15) is 0 Å². The van der Waals surface area contributed by atoms with E-state index in [-0.39, 0.29) is 16.3 Å². The number of esters is 1. The molecular formula is C15H11ClF2O3. The van der Waals surface area contributed by atoms with E-state index in [1.54, 1.807) is 18.2 Å². The zero-order chi connectivity index (χ0) is 15.4. The summed E-state index contributed by atoms with van der Waals surface area (Å²) in [6.45, 7) is 0. The Morgan fingerprint density at radius 1 is 1.19 bits per heavy atom. The second-order valence-corrected chi connectivity index (χ2v) is 4.52. The van der Waals surface area contributed by atoms with Crippen LogP contribution in [0.1, 0.15) is 22.3 Å². The summed E-state index contributed by atoms with van der Waals surface area (Å²) in [6.07, 6.45) is -2.60. The van der Waals surface area contributed by atoms with Crippen LogP contribution >= 0.6 is 11.6 Å². The molecule has 0 aliphatic heterocycles. The molecule has 0 N–H and O–H groups in total. The number of carbonyl (C=O) groups excluding carboxylic acids is 1. The summed E-state index contributed by atoms with van der Waals surface area (Å²) >= 11 is 5.90. The fourth-order valence-electron chi connectivity index (χ4n) is 1.67. The quantitative estimate of drug-likeness (QED) is 0.757. The van der Waals surface area contributed by atoms with Crippen molar-refractivity contribution in [3.05, 3.63) is 58.6 Å². The van der Waals surface area contributed by atoms with E-state index in [0.29, 0.717) is 11.3 Å². The highest BCUT2D eigenvalue weighted by Crippen LogP contribution is 2.33. The Bertz CT molecular complexity index is 659. The summed E-state index contributed by atoms with van der Waals surface area (Å²) in [5.41, 5.74) is 0.131. The summed E-state index contributed by atoms with van der Waals surface area (Å²) in [6, 6.07) is 10.0. The van der Waals surface area contributed by atoms with Gasteiger partial charge in [0.2, 0.25) is 0 Å². The van der Waals surface area contributed by atoms with Gasteiger partial charge in [0.1, 0.15) is 11.5 Å². The predicted octanol–water partition coefficient (Wildman–Crippen LogP) is 4.86. The monoisotopic (exact) mass is 312 g/mol. The van der Waals surface area contributed by atoms with Gasteiger partial charge in [-0.25, -0.2) is 13.6 Å². The topological polar surface area (TPSA) is 35.5 Å². The summed E-state index contributed by atoms with van der Waals surface area (Å²) in [5, 5.41) is 0.0660. The fourth-order valence-corrected chi connectivity index (χ4v) is 1.89. The third-order valence-electron chi connectivity index (χ3n) is 2.69. The summed E-state index contributed by atoms with van der Waals surface area (Å²) in [4.78, 5) is 11.4. The zero-order valence-electron chi connectivity index (χ0n) is 11.0. The maximum atomic E-state index is 12.5. The van der Waals surface area contributed by atoms with Gasteiger partial charge in [0.05, 0.1) is 17.7 Å². The van der Waals surface area contributed by atoms with Crippen molar-refractivity contribution in [2.24, 2.45) is 0 Å². The largest absolute Gasteiger partial charge is 0.465 e. The van der Waals surface area contributed by atoms with Crippen LogP contribution in [-0.2, 0) is 4.74 Å². The lowest BCUT2D eigenvalue weighted by atomic mass is 10.2. The Morgan fingerprint density at radius 3 is 2.57 bits per heavy atom. The van der Waals surface area contributed by atoms with E-state index in [2.05, 4.69) is 4.74 Å². The highest BCUT2D eigenvalue weighted by Gasteiger charge is 2.12. The molecule has 0 amide bonds. The van der Waals surface area contributed by atoms with Crippen LogP contribution in [0.25, 0.3) is 0 Å². The van der Waals surface area contributed by atoms with Gasteiger partial charge in [-0.1, -0.05) is 17.7 Å². The van der Waals surface area contributed by atoms with Crippen LogP contribution in [-0.4, -0.2) is 13.1 Å². The van der Waals surface area contributed by atoms with Gasteiger partial charge in [-0.15, -0.1) is 0 Å². The summed E-state index contributed by atoms with van der Waals surface area (Å²) in [5.74, 6) is 0.0762. The van der Waals surface area contributed by atoms with E-state index in [9.17, 15) is 13.6 Å². The molecule has 0 fully saturated rings. The Kier molecular flexibility index (Phi) is 4.75. The molecule has 0 atom stereocenters. The molecule has 2 rings (SSSR count). The van der Waals surface area contributed by atoms with E-state index in [1.165, 1.54) is 25.3 Å². The minimum atomic E-state index is -2.60. The Labute approximate surface area is 125 Å². The molecule has 3 nitrogen and oxygen atoms in total. The molecule has 0 unspecified atom stereocenters. The molecule has 0 saturated heterocycles. The van der Waals surface area contributed by atoms with Gasteiger partial charge in [0, 0.05) is 5.56 Å². The molecule has 110 valence electrons. The second kappa shape index (κ2) is 6.54. The SMILES string of the molecule is COC(=O)c1cccc(Oc2ccc(C(F)F)cc2Cl)c1. The van der Waals surface area contributed by atoms with Gasteiger partial charge >= 0.3 is 5.97 Å². The molecule has 0 heterocycles.